The van der Waals surface area contributed by atoms with E-state index in [0.717, 1.165) is 4.70 Å². The summed E-state index contributed by atoms with van der Waals surface area (Å²) in [7, 11) is 0. The van der Waals surface area contributed by atoms with Gasteiger partial charge in [0, 0.05) is 17.0 Å². The minimum absolute atomic E-state index is 0.00487. The first-order valence-electron chi connectivity index (χ1n) is 7.63. The van der Waals surface area contributed by atoms with Crippen LogP contribution < -0.4 is 0 Å². The van der Waals surface area contributed by atoms with Gasteiger partial charge in [0.15, 0.2) is 9.99 Å². The molecule has 4 heterocycles. The number of rotatable bonds is 4. The minimum Gasteiger partial charge on any atom is -0.477 e. The molecule has 0 radical (unpaired) electrons. The summed E-state index contributed by atoms with van der Waals surface area (Å²) < 4.78 is 1.47. The number of aliphatic hydroxyl groups excluding tert-OH is 1. The van der Waals surface area contributed by atoms with E-state index in [1.807, 2.05) is 6.92 Å². The van der Waals surface area contributed by atoms with E-state index in [1.165, 1.54) is 34.3 Å². The van der Waals surface area contributed by atoms with E-state index in [0.29, 0.717) is 14.9 Å². The fourth-order valence-corrected chi connectivity index (χ4v) is 5.72. The quantitative estimate of drug-likeness (QED) is 0.766. The molecule has 1 fully saturated rings. The molecule has 4 rings (SSSR count). The number of fused-ring (bicyclic) bond motifs is 2. The molecule has 4 atom stereocenters. The van der Waals surface area contributed by atoms with Crippen LogP contribution in [0.2, 0.25) is 0 Å². The van der Waals surface area contributed by atoms with E-state index in [2.05, 4.69) is 15.0 Å². The van der Waals surface area contributed by atoms with Crippen molar-refractivity contribution in [2.24, 2.45) is 11.8 Å². The monoisotopic (exact) mass is 378 g/mol. The number of β-lactam (4-membered cyclic amide) rings is 1. The molecule has 25 heavy (non-hydrogen) atoms. The largest absolute Gasteiger partial charge is 0.477 e. The highest BCUT2D eigenvalue weighted by Crippen LogP contribution is 2.52. The van der Waals surface area contributed by atoms with E-state index >= 15 is 0 Å². The first kappa shape index (κ1) is 16.4. The maximum atomic E-state index is 12.3. The lowest BCUT2D eigenvalue weighted by Gasteiger charge is -2.46. The molecule has 4 unspecified atom stereocenters. The number of aliphatic carboxylic acids is 1. The van der Waals surface area contributed by atoms with Gasteiger partial charge in [-0.25, -0.2) is 19.7 Å². The summed E-state index contributed by atoms with van der Waals surface area (Å²) in [5.74, 6) is -2.24. The lowest BCUT2D eigenvalue weighted by molar-refractivity contribution is -0.163. The summed E-state index contributed by atoms with van der Waals surface area (Å²) in [4.78, 5) is 38.4. The van der Waals surface area contributed by atoms with Crippen LogP contribution in [0.15, 0.2) is 27.5 Å². The van der Waals surface area contributed by atoms with Gasteiger partial charge in [-0.2, -0.15) is 0 Å². The van der Waals surface area contributed by atoms with Gasteiger partial charge >= 0.3 is 5.97 Å². The maximum absolute atomic E-state index is 12.3. The smallest absolute Gasteiger partial charge is 0.353 e. The van der Waals surface area contributed by atoms with Gasteiger partial charge < -0.3 is 15.1 Å². The van der Waals surface area contributed by atoms with Crippen molar-refractivity contribution in [3.63, 3.8) is 0 Å². The van der Waals surface area contributed by atoms with Crippen molar-refractivity contribution in [3.05, 3.63) is 23.1 Å². The summed E-state index contributed by atoms with van der Waals surface area (Å²) in [6.07, 6.45) is 2.26. The molecule has 0 aromatic carbocycles. The number of carbonyl (C=O) groups excluding carboxylic acids is 1. The first-order valence-corrected chi connectivity index (χ1v) is 9.26. The molecule has 2 aliphatic heterocycles. The second-order valence-corrected chi connectivity index (χ2v) is 8.38. The van der Waals surface area contributed by atoms with Crippen molar-refractivity contribution in [2.45, 2.75) is 30.3 Å². The van der Waals surface area contributed by atoms with Crippen LogP contribution in [-0.4, -0.2) is 54.1 Å². The summed E-state index contributed by atoms with van der Waals surface area (Å²) in [5.41, 5.74) is 0.557. The van der Waals surface area contributed by atoms with Crippen LogP contribution in [0.4, 0.5) is 0 Å². The Balaban J connectivity index is 1.72. The number of amides is 1. The number of carbonyl (C=O) groups is 2. The topological polar surface area (TPSA) is 117 Å². The van der Waals surface area contributed by atoms with Gasteiger partial charge in [0.25, 0.3) is 0 Å². The van der Waals surface area contributed by atoms with Gasteiger partial charge in [0.05, 0.1) is 22.8 Å². The number of hydrogen-bond donors (Lipinski definition) is 2. The molecular weight excluding hydrogens is 364 g/mol. The SMILES string of the molecule is CC(O)C1C(=O)N2C(C(=O)O)=C(Sc3nc4ncncc4s3)C(C)C12. The molecule has 1 saturated heterocycles. The van der Waals surface area contributed by atoms with E-state index < -0.39 is 18.0 Å². The maximum Gasteiger partial charge on any atom is 0.353 e. The summed E-state index contributed by atoms with van der Waals surface area (Å²) in [6.45, 7) is 3.44. The predicted molar refractivity (Wildman–Crippen MR) is 90.7 cm³/mol. The van der Waals surface area contributed by atoms with Crippen molar-refractivity contribution >= 4 is 45.3 Å². The second-order valence-electron chi connectivity index (χ2n) is 6.06. The third kappa shape index (κ3) is 2.35. The lowest BCUT2D eigenvalue weighted by Crippen LogP contribution is -2.63. The fraction of sp³-hybridized carbons (Fsp3) is 0.400. The Hall–Kier alpha value is -2.04. The Labute approximate surface area is 150 Å². The molecule has 130 valence electrons. The Morgan fingerprint density at radius 2 is 2.24 bits per heavy atom. The average molecular weight is 378 g/mol. The standard InChI is InChI=1S/C15H14N4O4S2/c1-5-9-8(6(2)20)13(21)19(9)10(14(22)23)11(5)25-15-18-12-7(24-15)3-16-4-17-12/h3-6,8-9,20H,1-2H3,(H,22,23). The number of carboxylic acids is 1. The lowest BCUT2D eigenvalue weighted by atomic mass is 9.79. The summed E-state index contributed by atoms with van der Waals surface area (Å²) in [6, 6.07) is -0.324. The Morgan fingerprint density at radius 3 is 2.88 bits per heavy atom. The molecule has 2 aliphatic rings. The molecule has 0 saturated carbocycles. The number of hydrogen-bond acceptors (Lipinski definition) is 8. The van der Waals surface area contributed by atoms with Gasteiger partial charge in [0.2, 0.25) is 5.91 Å². The average Bonchev–Trinajstić information content (AvgIpc) is 3.05. The van der Waals surface area contributed by atoms with Gasteiger partial charge in [-0.15, -0.1) is 11.3 Å². The fourth-order valence-electron chi connectivity index (χ4n) is 3.46. The van der Waals surface area contributed by atoms with Crippen LogP contribution in [0.5, 0.6) is 0 Å². The van der Waals surface area contributed by atoms with E-state index in [9.17, 15) is 19.8 Å². The highest BCUT2D eigenvalue weighted by Gasteiger charge is 2.60. The van der Waals surface area contributed by atoms with Gasteiger partial charge in [0.1, 0.15) is 12.0 Å². The zero-order valence-corrected chi connectivity index (χ0v) is 14.9. The summed E-state index contributed by atoms with van der Waals surface area (Å²) in [5, 5.41) is 19.5. The molecule has 8 nitrogen and oxygen atoms in total. The van der Waals surface area contributed by atoms with Crippen LogP contribution in [0.25, 0.3) is 10.3 Å². The highest BCUT2D eigenvalue weighted by molar-refractivity contribution is 8.04. The molecule has 2 aromatic rings. The van der Waals surface area contributed by atoms with Crippen LogP contribution in [0.1, 0.15) is 13.8 Å². The first-order chi connectivity index (χ1) is 11.9. The number of nitrogens with zero attached hydrogens (tertiary/aromatic N) is 4. The minimum atomic E-state index is -1.14. The Bertz CT molecular complexity index is 892. The second kappa shape index (κ2) is 5.75. The number of thiazole rings is 1. The number of thioether (sulfide) groups is 1. The predicted octanol–water partition coefficient (Wildman–Crippen LogP) is 1.33. The zero-order valence-electron chi connectivity index (χ0n) is 13.3. The van der Waals surface area contributed by atoms with Crippen LogP contribution >= 0.6 is 23.1 Å². The van der Waals surface area contributed by atoms with Crippen LogP contribution in [-0.2, 0) is 9.59 Å². The third-order valence-electron chi connectivity index (χ3n) is 4.56. The molecule has 0 aliphatic carbocycles. The Morgan fingerprint density at radius 1 is 1.48 bits per heavy atom. The number of carboxylic acid groups (broad SMARTS) is 1. The van der Waals surface area contributed by atoms with Crippen LogP contribution in [0, 0.1) is 11.8 Å². The van der Waals surface area contributed by atoms with Crippen molar-refractivity contribution in [1.82, 2.24) is 19.9 Å². The molecule has 0 spiro atoms. The van der Waals surface area contributed by atoms with Gasteiger partial charge in [-0.3, -0.25) is 4.79 Å². The highest BCUT2D eigenvalue weighted by atomic mass is 32.2. The molecule has 10 heteroatoms. The van der Waals surface area contributed by atoms with Gasteiger partial charge in [-0.05, 0) is 6.92 Å². The number of aromatic nitrogens is 3. The Kier molecular flexibility index (Phi) is 3.78. The zero-order chi connectivity index (χ0) is 17.9. The van der Waals surface area contributed by atoms with Crippen molar-refractivity contribution < 1.29 is 19.8 Å². The van der Waals surface area contributed by atoms with E-state index in [1.54, 1.807) is 13.1 Å². The molecule has 0 bridgehead atoms. The summed E-state index contributed by atoms with van der Waals surface area (Å²) >= 11 is 2.63. The number of aliphatic hydroxyl groups is 1. The molecule has 2 aromatic heterocycles. The third-order valence-corrected chi connectivity index (χ3v) is 6.89. The normalized spacial score (nSPS) is 26.8. The molecular formula is C15H14N4O4S2. The molecule has 2 N–H and O–H groups in total. The van der Waals surface area contributed by atoms with Crippen LogP contribution in [0.3, 0.4) is 0 Å². The van der Waals surface area contributed by atoms with E-state index in [4.69, 9.17) is 0 Å². The van der Waals surface area contributed by atoms with Crippen molar-refractivity contribution in [1.29, 1.82) is 0 Å². The van der Waals surface area contributed by atoms with Crippen molar-refractivity contribution in [2.75, 3.05) is 0 Å². The van der Waals surface area contributed by atoms with E-state index in [-0.39, 0.29) is 23.6 Å². The van der Waals surface area contributed by atoms with Crippen molar-refractivity contribution in [3.8, 4) is 0 Å². The molecule has 1 amide bonds. The van der Waals surface area contributed by atoms with Gasteiger partial charge in [-0.1, -0.05) is 18.7 Å².